The van der Waals surface area contributed by atoms with Crippen LogP contribution < -0.4 is 0 Å². The predicted octanol–water partition coefficient (Wildman–Crippen LogP) is 4.28. The van der Waals surface area contributed by atoms with Crippen LogP contribution in [0.1, 0.15) is 54.4 Å². The first-order chi connectivity index (χ1) is 7.42. The molecule has 0 aliphatic heterocycles. The zero-order valence-corrected chi connectivity index (χ0v) is 12.4. The largest absolute Gasteiger partial charge is 0.319 e. The highest BCUT2D eigenvalue weighted by molar-refractivity contribution is 7.33. The molecule has 0 aliphatic carbocycles. The SMILES string of the molecule is CCC(C)C(C)O[PH](=O)OC(C)C(C)CC. The van der Waals surface area contributed by atoms with Crippen molar-refractivity contribution in [1.29, 1.82) is 0 Å². The Bertz CT molecular complexity index is 188. The van der Waals surface area contributed by atoms with Crippen molar-refractivity contribution in [2.24, 2.45) is 11.8 Å². The lowest BCUT2D eigenvalue weighted by molar-refractivity contribution is 0.0945. The van der Waals surface area contributed by atoms with Gasteiger partial charge in [-0.3, -0.25) is 4.57 Å². The highest BCUT2D eigenvalue weighted by Crippen LogP contribution is 2.32. The van der Waals surface area contributed by atoms with Crippen LogP contribution in [0.5, 0.6) is 0 Å². The molecule has 0 aromatic heterocycles. The average molecular weight is 250 g/mol. The van der Waals surface area contributed by atoms with Crippen molar-refractivity contribution in [3.8, 4) is 0 Å². The van der Waals surface area contributed by atoms with Gasteiger partial charge in [0.05, 0.1) is 12.2 Å². The predicted molar refractivity (Wildman–Crippen MR) is 69.0 cm³/mol. The maximum atomic E-state index is 11.6. The Morgan fingerprint density at radius 1 is 0.875 bits per heavy atom. The Morgan fingerprint density at radius 3 is 1.44 bits per heavy atom. The van der Waals surface area contributed by atoms with Gasteiger partial charge in [0, 0.05) is 0 Å². The van der Waals surface area contributed by atoms with Gasteiger partial charge in [0.15, 0.2) is 0 Å². The molecule has 0 heterocycles. The molecule has 0 bridgehead atoms. The highest BCUT2D eigenvalue weighted by atomic mass is 31.1. The Balaban J connectivity index is 3.99. The third-order valence-corrected chi connectivity index (χ3v) is 4.58. The summed E-state index contributed by atoms with van der Waals surface area (Å²) in [4.78, 5) is 0. The van der Waals surface area contributed by atoms with Gasteiger partial charge in [-0.15, -0.1) is 0 Å². The van der Waals surface area contributed by atoms with Crippen molar-refractivity contribution in [2.75, 3.05) is 0 Å². The Hall–Kier alpha value is 0.150. The summed E-state index contributed by atoms with van der Waals surface area (Å²) in [5.41, 5.74) is 0. The van der Waals surface area contributed by atoms with E-state index < -0.39 is 8.25 Å². The first kappa shape index (κ1) is 16.1. The van der Waals surface area contributed by atoms with Crippen molar-refractivity contribution in [3.05, 3.63) is 0 Å². The summed E-state index contributed by atoms with van der Waals surface area (Å²) in [6, 6.07) is 0. The van der Waals surface area contributed by atoms with Crippen molar-refractivity contribution in [2.45, 2.75) is 66.6 Å². The average Bonchev–Trinajstić information content (AvgIpc) is 2.26. The summed E-state index contributed by atoms with van der Waals surface area (Å²) in [5.74, 6) is 0.827. The fourth-order valence-electron chi connectivity index (χ4n) is 1.23. The molecule has 4 atom stereocenters. The molecule has 0 amide bonds. The molecule has 4 unspecified atom stereocenters. The summed E-state index contributed by atoms with van der Waals surface area (Å²) in [7, 11) is -2.35. The van der Waals surface area contributed by atoms with Gasteiger partial charge >= 0.3 is 8.25 Å². The minimum Gasteiger partial charge on any atom is -0.307 e. The Morgan fingerprint density at radius 2 is 1.19 bits per heavy atom. The third-order valence-electron chi connectivity index (χ3n) is 3.45. The molecule has 0 saturated carbocycles. The summed E-state index contributed by atoms with van der Waals surface area (Å²) in [5, 5.41) is 0. The maximum absolute atomic E-state index is 11.6. The van der Waals surface area contributed by atoms with Gasteiger partial charge in [-0.1, -0.05) is 40.5 Å². The molecule has 0 rings (SSSR count). The smallest absolute Gasteiger partial charge is 0.307 e. The number of rotatable bonds is 8. The fraction of sp³-hybridized carbons (Fsp3) is 1.00. The lowest BCUT2D eigenvalue weighted by Gasteiger charge is -2.22. The van der Waals surface area contributed by atoms with E-state index in [0.29, 0.717) is 11.8 Å². The molecule has 4 heteroatoms. The van der Waals surface area contributed by atoms with E-state index in [1.165, 1.54) is 0 Å². The standard InChI is InChI=1S/C12H27O3P/c1-7-9(3)11(5)14-16(13)15-12(6)10(4)8-2/h9-12,16H,7-8H2,1-6H3. The van der Waals surface area contributed by atoms with E-state index in [4.69, 9.17) is 9.05 Å². The fourth-order valence-corrected chi connectivity index (χ4v) is 2.35. The van der Waals surface area contributed by atoms with Gasteiger partial charge < -0.3 is 9.05 Å². The van der Waals surface area contributed by atoms with Crippen molar-refractivity contribution < 1.29 is 13.6 Å². The van der Waals surface area contributed by atoms with Gasteiger partial charge in [-0.25, -0.2) is 0 Å². The van der Waals surface area contributed by atoms with Crippen LogP contribution in [-0.4, -0.2) is 12.2 Å². The molecular weight excluding hydrogens is 223 g/mol. The minimum atomic E-state index is -2.35. The molecule has 16 heavy (non-hydrogen) atoms. The zero-order chi connectivity index (χ0) is 12.7. The van der Waals surface area contributed by atoms with Gasteiger partial charge in [0.1, 0.15) is 0 Å². The second-order valence-corrected chi connectivity index (χ2v) is 5.64. The summed E-state index contributed by atoms with van der Waals surface area (Å²) >= 11 is 0. The van der Waals surface area contributed by atoms with E-state index >= 15 is 0 Å². The summed E-state index contributed by atoms with van der Waals surface area (Å²) < 4.78 is 22.4. The molecule has 0 spiro atoms. The summed E-state index contributed by atoms with van der Waals surface area (Å²) in [6.45, 7) is 12.3. The quantitative estimate of drug-likeness (QED) is 0.603. The number of hydrogen-bond donors (Lipinski definition) is 0. The molecule has 0 aromatic carbocycles. The van der Waals surface area contributed by atoms with Gasteiger partial charge in [0.25, 0.3) is 0 Å². The second-order valence-electron chi connectivity index (χ2n) is 4.67. The van der Waals surface area contributed by atoms with Crippen LogP contribution in [0, 0.1) is 11.8 Å². The van der Waals surface area contributed by atoms with Gasteiger partial charge in [-0.2, -0.15) is 0 Å². The molecule has 3 nitrogen and oxygen atoms in total. The third kappa shape index (κ3) is 6.03. The van der Waals surface area contributed by atoms with Crippen LogP contribution in [0.4, 0.5) is 0 Å². The second kappa shape index (κ2) is 8.27. The molecule has 0 N–H and O–H groups in total. The number of hydrogen-bond acceptors (Lipinski definition) is 3. The monoisotopic (exact) mass is 250 g/mol. The lowest BCUT2D eigenvalue weighted by atomic mass is 10.0. The highest BCUT2D eigenvalue weighted by Gasteiger charge is 2.18. The Kier molecular flexibility index (Phi) is 8.35. The van der Waals surface area contributed by atoms with Crippen molar-refractivity contribution >= 4 is 8.25 Å². The van der Waals surface area contributed by atoms with Crippen LogP contribution in [-0.2, 0) is 13.6 Å². The first-order valence-corrected chi connectivity index (χ1v) is 7.52. The summed E-state index contributed by atoms with van der Waals surface area (Å²) in [6.07, 6.45) is 2.05. The van der Waals surface area contributed by atoms with Crippen LogP contribution in [0.15, 0.2) is 0 Å². The van der Waals surface area contributed by atoms with E-state index in [9.17, 15) is 4.57 Å². The molecule has 0 fully saturated rings. The van der Waals surface area contributed by atoms with Crippen LogP contribution in [0.3, 0.4) is 0 Å². The van der Waals surface area contributed by atoms with E-state index in [0.717, 1.165) is 12.8 Å². The van der Waals surface area contributed by atoms with Gasteiger partial charge in [0.2, 0.25) is 0 Å². The van der Waals surface area contributed by atoms with Crippen molar-refractivity contribution in [1.82, 2.24) is 0 Å². The van der Waals surface area contributed by atoms with Crippen LogP contribution in [0.2, 0.25) is 0 Å². The molecule has 98 valence electrons. The van der Waals surface area contributed by atoms with Gasteiger partial charge in [-0.05, 0) is 25.7 Å². The molecule has 0 aromatic rings. The van der Waals surface area contributed by atoms with Crippen LogP contribution in [0.25, 0.3) is 0 Å². The normalized spacial score (nSPS) is 21.1. The van der Waals surface area contributed by atoms with Crippen LogP contribution >= 0.6 is 8.25 Å². The maximum Gasteiger partial charge on any atom is 0.319 e. The topological polar surface area (TPSA) is 35.5 Å². The molecular formula is C12H27O3P. The van der Waals surface area contributed by atoms with E-state index in [1.807, 2.05) is 13.8 Å². The zero-order valence-electron chi connectivity index (χ0n) is 11.4. The first-order valence-electron chi connectivity index (χ1n) is 6.29. The van der Waals surface area contributed by atoms with E-state index in [1.54, 1.807) is 0 Å². The molecule has 0 radical (unpaired) electrons. The minimum absolute atomic E-state index is 0.000483. The molecule has 0 saturated heterocycles. The Labute approximate surface area is 101 Å². The van der Waals surface area contributed by atoms with E-state index in [2.05, 4.69) is 27.7 Å². The lowest BCUT2D eigenvalue weighted by Crippen LogP contribution is -2.18. The van der Waals surface area contributed by atoms with Crippen molar-refractivity contribution in [3.63, 3.8) is 0 Å². The molecule has 0 aliphatic rings. The van der Waals surface area contributed by atoms with E-state index in [-0.39, 0.29) is 12.2 Å².